The third-order valence-electron chi connectivity index (χ3n) is 2.68. The highest BCUT2D eigenvalue weighted by Gasteiger charge is 2.23. The lowest BCUT2D eigenvalue weighted by Gasteiger charge is -2.17. The molecule has 0 amide bonds. The molecule has 0 saturated heterocycles. The van der Waals surface area contributed by atoms with Crippen LogP contribution < -0.4 is 9.83 Å². The molecule has 0 fully saturated rings. The Hall–Kier alpha value is -2.19. The highest BCUT2D eigenvalue weighted by molar-refractivity contribution is 7.89. The number of carboxylic acids is 1. The van der Waals surface area contributed by atoms with Gasteiger partial charge in [0.15, 0.2) is 0 Å². The Morgan fingerprint density at radius 2 is 1.95 bits per heavy atom. The van der Waals surface area contributed by atoms with E-state index in [1.54, 1.807) is 0 Å². The van der Waals surface area contributed by atoms with Crippen molar-refractivity contribution in [1.29, 1.82) is 0 Å². The molecule has 8 heteroatoms. The van der Waals surface area contributed by atoms with E-state index in [1.807, 2.05) is 0 Å². The van der Waals surface area contributed by atoms with Crippen LogP contribution in [0, 0.1) is 5.82 Å². The summed E-state index contributed by atoms with van der Waals surface area (Å²) in [7, 11) is -4.02. The molecule has 2 rings (SSSR count). The molecule has 6 nitrogen and oxygen atoms in total. The molecule has 0 aliphatic rings. The highest BCUT2D eigenvalue weighted by atomic mass is 32.2. The van der Waals surface area contributed by atoms with E-state index in [2.05, 4.69) is 4.72 Å². The van der Waals surface area contributed by atoms with Gasteiger partial charge in [-0.15, -0.1) is 0 Å². The number of carbonyl (C=O) groups excluding carboxylic acids is 1. The van der Waals surface area contributed by atoms with E-state index in [4.69, 9.17) is 4.42 Å². The second kappa shape index (κ2) is 6.06. The van der Waals surface area contributed by atoms with Gasteiger partial charge in [0.2, 0.25) is 10.0 Å². The maximum atomic E-state index is 12.8. The summed E-state index contributed by atoms with van der Waals surface area (Å²) in [6.45, 7) is 0. The Morgan fingerprint density at radius 3 is 2.48 bits per heavy atom. The van der Waals surface area contributed by atoms with Gasteiger partial charge in [-0.2, -0.15) is 0 Å². The summed E-state index contributed by atoms with van der Waals surface area (Å²) >= 11 is 0. The molecule has 112 valence electrons. The van der Waals surface area contributed by atoms with Crippen LogP contribution in [0.5, 0.6) is 0 Å². The van der Waals surface area contributed by atoms with Crippen molar-refractivity contribution in [2.45, 2.75) is 17.4 Å². The van der Waals surface area contributed by atoms with E-state index in [-0.39, 0.29) is 10.7 Å². The van der Waals surface area contributed by atoms with Crippen LogP contribution in [0.25, 0.3) is 0 Å². The smallest absolute Gasteiger partial charge is 0.241 e. The van der Waals surface area contributed by atoms with Gasteiger partial charge >= 0.3 is 0 Å². The number of rotatable bonds is 6. The normalized spacial score (nSPS) is 13.0. The highest BCUT2D eigenvalue weighted by Crippen LogP contribution is 2.20. The van der Waals surface area contributed by atoms with Crippen LogP contribution in [0.1, 0.15) is 18.2 Å². The fourth-order valence-electron chi connectivity index (χ4n) is 1.73. The predicted octanol–water partition coefficient (Wildman–Crippen LogP) is 0.578. The standard InChI is InChI=1S/C13H12FNO5S/c14-9-3-5-10(6-4-9)21(18,19)15-11(8-13(16)17)12-2-1-7-20-12/h1-7,11,15H,8H2,(H,16,17)/p-1. The molecule has 1 unspecified atom stereocenters. The van der Waals surface area contributed by atoms with Crippen molar-refractivity contribution in [3.63, 3.8) is 0 Å². The molecular formula is C13H11FNO5S-. The fourth-order valence-corrected chi connectivity index (χ4v) is 2.93. The van der Waals surface area contributed by atoms with Crippen LogP contribution in [0.4, 0.5) is 4.39 Å². The lowest BCUT2D eigenvalue weighted by atomic mass is 10.2. The number of nitrogens with one attached hydrogen (secondary N) is 1. The van der Waals surface area contributed by atoms with Gasteiger partial charge in [0.1, 0.15) is 11.6 Å². The number of furan rings is 1. The van der Waals surface area contributed by atoms with Crippen LogP contribution in [0.2, 0.25) is 0 Å². The molecule has 1 atom stereocenters. The number of hydrogen-bond acceptors (Lipinski definition) is 5. The van der Waals surface area contributed by atoms with Crippen molar-refractivity contribution < 1.29 is 27.1 Å². The second-order valence-corrected chi connectivity index (χ2v) is 5.93. The van der Waals surface area contributed by atoms with Gasteiger partial charge in [0.05, 0.1) is 17.2 Å². The van der Waals surface area contributed by atoms with Crippen molar-refractivity contribution >= 4 is 16.0 Å². The summed E-state index contributed by atoms with van der Waals surface area (Å²) in [4.78, 5) is 10.6. The molecule has 1 aromatic carbocycles. The molecule has 1 aromatic heterocycles. The first kappa shape index (κ1) is 15.2. The molecule has 1 heterocycles. The van der Waals surface area contributed by atoms with Gasteiger partial charge in [0, 0.05) is 12.4 Å². The van der Waals surface area contributed by atoms with E-state index in [0.717, 1.165) is 24.3 Å². The third kappa shape index (κ3) is 3.89. The maximum Gasteiger partial charge on any atom is 0.241 e. The molecule has 0 spiro atoms. The molecule has 2 aromatic rings. The van der Waals surface area contributed by atoms with Gasteiger partial charge < -0.3 is 14.3 Å². The first-order valence-electron chi connectivity index (χ1n) is 5.89. The van der Waals surface area contributed by atoms with Crippen molar-refractivity contribution in [3.05, 3.63) is 54.2 Å². The monoisotopic (exact) mass is 312 g/mol. The number of sulfonamides is 1. The van der Waals surface area contributed by atoms with Gasteiger partial charge in [-0.1, -0.05) is 0 Å². The summed E-state index contributed by atoms with van der Waals surface area (Å²) in [6, 6.07) is 5.99. The minimum atomic E-state index is -4.02. The quantitative estimate of drug-likeness (QED) is 0.841. The summed E-state index contributed by atoms with van der Waals surface area (Å²) in [6.07, 6.45) is 0.706. The number of halogens is 1. The Bertz CT molecular complexity index is 710. The van der Waals surface area contributed by atoms with E-state index in [0.29, 0.717) is 0 Å². The van der Waals surface area contributed by atoms with E-state index in [1.165, 1.54) is 18.4 Å². The van der Waals surface area contributed by atoms with Gasteiger partial charge in [-0.05, 0) is 36.4 Å². The predicted molar refractivity (Wildman–Crippen MR) is 67.8 cm³/mol. The molecule has 0 aliphatic carbocycles. The molecule has 1 N–H and O–H groups in total. The summed E-state index contributed by atoms with van der Waals surface area (Å²) in [5, 5.41) is 10.7. The number of carboxylic acid groups (broad SMARTS) is 1. The van der Waals surface area contributed by atoms with Gasteiger partial charge in [0.25, 0.3) is 0 Å². The third-order valence-corrected chi connectivity index (χ3v) is 4.17. The minimum absolute atomic E-state index is 0.143. The van der Waals surface area contributed by atoms with Crippen LogP contribution >= 0.6 is 0 Å². The zero-order chi connectivity index (χ0) is 15.5. The first-order valence-corrected chi connectivity index (χ1v) is 7.38. The van der Waals surface area contributed by atoms with Crippen LogP contribution in [-0.2, 0) is 14.8 Å². The summed E-state index contributed by atoms with van der Waals surface area (Å²) in [5.74, 6) is -1.87. The lowest BCUT2D eigenvalue weighted by molar-refractivity contribution is -0.306. The van der Waals surface area contributed by atoms with Crippen LogP contribution in [-0.4, -0.2) is 14.4 Å². The lowest BCUT2D eigenvalue weighted by Crippen LogP contribution is -2.34. The Morgan fingerprint density at radius 1 is 1.29 bits per heavy atom. The number of benzene rings is 1. The molecule has 0 aliphatic heterocycles. The van der Waals surface area contributed by atoms with E-state index < -0.39 is 34.3 Å². The van der Waals surface area contributed by atoms with Crippen LogP contribution in [0.3, 0.4) is 0 Å². The molecular weight excluding hydrogens is 301 g/mol. The fraction of sp³-hybridized carbons (Fsp3) is 0.154. The largest absolute Gasteiger partial charge is 0.550 e. The Balaban J connectivity index is 2.27. The van der Waals surface area contributed by atoms with E-state index in [9.17, 15) is 22.7 Å². The molecule has 0 radical (unpaired) electrons. The zero-order valence-electron chi connectivity index (χ0n) is 10.7. The Kier molecular flexibility index (Phi) is 4.39. The molecule has 0 bridgehead atoms. The minimum Gasteiger partial charge on any atom is -0.550 e. The summed E-state index contributed by atoms with van der Waals surface area (Å²) < 4.78 is 44.3. The van der Waals surface area contributed by atoms with Crippen molar-refractivity contribution in [2.75, 3.05) is 0 Å². The zero-order valence-corrected chi connectivity index (χ0v) is 11.5. The summed E-state index contributed by atoms with van der Waals surface area (Å²) in [5.41, 5.74) is 0. The second-order valence-electron chi connectivity index (χ2n) is 4.22. The van der Waals surface area contributed by atoms with Crippen molar-refractivity contribution in [3.8, 4) is 0 Å². The average molecular weight is 312 g/mol. The number of hydrogen-bond donors (Lipinski definition) is 1. The molecule has 0 saturated carbocycles. The first-order chi connectivity index (χ1) is 9.88. The van der Waals surface area contributed by atoms with Crippen molar-refractivity contribution in [2.24, 2.45) is 0 Å². The van der Waals surface area contributed by atoms with Crippen LogP contribution in [0.15, 0.2) is 52.0 Å². The van der Waals surface area contributed by atoms with E-state index >= 15 is 0 Å². The topological polar surface area (TPSA) is 99.4 Å². The van der Waals surface area contributed by atoms with Crippen molar-refractivity contribution in [1.82, 2.24) is 4.72 Å². The SMILES string of the molecule is O=C([O-])CC(NS(=O)(=O)c1ccc(F)cc1)c1ccco1. The number of carbonyl (C=O) groups is 1. The van der Waals surface area contributed by atoms with Gasteiger partial charge in [-0.3, -0.25) is 0 Å². The number of aliphatic carboxylic acids is 1. The Labute approximate surface area is 120 Å². The average Bonchev–Trinajstić information content (AvgIpc) is 2.91. The maximum absolute atomic E-state index is 12.8. The van der Waals surface area contributed by atoms with Gasteiger partial charge in [-0.25, -0.2) is 17.5 Å². The molecule has 21 heavy (non-hydrogen) atoms.